The molecule has 0 aliphatic heterocycles. The summed E-state index contributed by atoms with van der Waals surface area (Å²) in [6, 6.07) is 3.69. The first-order valence-electron chi connectivity index (χ1n) is 4.93. The number of rotatable bonds is 0. The lowest BCUT2D eigenvalue weighted by molar-refractivity contribution is 0.630. The minimum Gasteiger partial charge on any atom is -0.361 e. The smallest absolute Gasteiger partial charge is 0.135 e. The molecule has 1 aromatic carbocycles. The van der Waals surface area contributed by atoms with Crippen LogP contribution in [0.1, 0.15) is 25.0 Å². The van der Waals surface area contributed by atoms with E-state index in [9.17, 15) is 4.39 Å². The van der Waals surface area contributed by atoms with Gasteiger partial charge < -0.3 is 4.98 Å². The zero-order valence-electron chi connectivity index (χ0n) is 9.11. The number of aromatic amines is 1. The van der Waals surface area contributed by atoms with Crippen LogP contribution in [0, 0.1) is 19.7 Å². The Balaban J connectivity index is 0.000000461. The predicted octanol–water partition coefficient (Wildman–Crippen LogP) is 3.95. The highest BCUT2D eigenvalue weighted by atomic mass is 19.1. The van der Waals surface area contributed by atoms with E-state index >= 15 is 0 Å². The molecule has 0 amide bonds. The molecule has 1 heterocycles. The quantitative estimate of drug-likeness (QED) is 0.652. The molecule has 0 atom stereocenters. The molecule has 0 aliphatic carbocycles. The summed E-state index contributed by atoms with van der Waals surface area (Å²) in [5.74, 6) is -0.105. The third-order valence-corrected chi connectivity index (χ3v) is 2.17. The summed E-state index contributed by atoms with van der Waals surface area (Å²) in [7, 11) is 0. The number of H-pyrrole nitrogens is 1. The van der Waals surface area contributed by atoms with Gasteiger partial charge in [0.25, 0.3) is 0 Å². The van der Waals surface area contributed by atoms with Crippen molar-refractivity contribution < 1.29 is 4.39 Å². The number of aromatic nitrogens is 1. The fourth-order valence-electron chi connectivity index (χ4n) is 1.44. The van der Waals surface area contributed by atoms with Gasteiger partial charge in [-0.2, -0.15) is 0 Å². The van der Waals surface area contributed by atoms with Gasteiger partial charge in [0.15, 0.2) is 0 Å². The fourth-order valence-corrected chi connectivity index (χ4v) is 1.44. The highest BCUT2D eigenvalue weighted by Gasteiger charge is 2.06. The average molecular weight is 193 g/mol. The molecule has 0 bridgehead atoms. The van der Waals surface area contributed by atoms with E-state index in [0.29, 0.717) is 5.56 Å². The number of nitrogens with one attached hydrogen (secondary N) is 1. The molecule has 0 saturated carbocycles. The van der Waals surface area contributed by atoms with Crippen LogP contribution in [0.3, 0.4) is 0 Å². The molecule has 1 nitrogen and oxygen atoms in total. The molecule has 1 N–H and O–H groups in total. The van der Waals surface area contributed by atoms with Gasteiger partial charge in [-0.15, -0.1) is 0 Å². The van der Waals surface area contributed by atoms with Crippen LogP contribution < -0.4 is 0 Å². The molecular weight excluding hydrogens is 177 g/mol. The molecule has 0 spiro atoms. The lowest BCUT2D eigenvalue weighted by Gasteiger charge is -1.97. The van der Waals surface area contributed by atoms with Gasteiger partial charge in [0, 0.05) is 17.1 Å². The van der Waals surface area contributed by atoms with Gasteiger partial charge in [-0.25, -0.2) is 4.39 Å². The zero-order chi connectivity index (χ0) is 10.7. The molecule has 0 unspecified atom stereocenters. The van der Waals surface area contributed by atoms with Crippen molar-refractivity contribution in [2.45, 2.75) is 27.7 Å². The average Bonchev–Trinajstić information content (AvgIpc) is 2.58. The van der Waals surface area contributed by atoms with E-state index in [0.717, 1.165) is 16.5 Å². The summed E-state index contributed by atoms with van der Waals surface area (Å²) in [6.45, 7) is 7.68. The van der Waals surface area contributed by atoms with Crippen LogP contribution in [-0.4, -0.2) is 4.98 Å². The summed E-state index contributed by atoms with van der Waals surface area (Å²) in [5.41, 5.74) is 2.53. The number of hydrogen-bond donors (Lipinski definition) is 1. The monoisotopic (exact) mass is 193 g/mol. The molecular formula is C12H16FN. The third kappa shape index (κ3) is 1.65. The summed E-state index contributed by atoms with van der Waals surface area (Å²) < 4.78 is 13.5. The lowest BCUT2D eigenvalue weighted by Crippen LogP contribution is -1.83. The largest absolute Gasteiger partial charge is 0.361 e. The summed E-state index contributed by atoms with van der Waals surface area (Å²) in [6.07, 6.45) is 1.83. The number of aryl methyl sites for hydroxylation is 2. The highest BCUT2D eigenvalue weighted by Crippen LogP contribution is 2.22. The summed E-state index contributed by atoms with van der Waals surface area (Å²) in [5, 5.41) is 0.718. The van der Waals surface area contributed by atoms with E-state index in [4.69, 9.17) is 0 Å². The second-order valence-electron chi connectivity index (χ2n) is 3.09. The number of halogens is 1. The topological polar surface area (TPSA) is 15.8 Å². The Morgan fingerprint density at radius 1 is 1.07 bits per heavy atom. The Hall–Kier alpha value is -1.31. The van der Waals surface area contributed by atoms with E-state index in [1.165, 1.54) is 0 Å². The fraction of sp³-hybridized carbons (Fsp3) is 0.333. The van der Waals surface area contributed by atoms with Crippen LogP contribution in [0.25, 0.3) is 10.9 Å². The Bertz CT molecular complexity index is 429. The molecule has 0 fully saturated rings. The van der Waals surface area contributed by atoms with E-state index in [-0.39, 0.29) is 5.82 Å². The first-order chi connectivity index (χ1) is 6.70. The Kier molecular flexibility index (Phi) is 3.28. The van der Waals surface area contributed by atoms with Crippen molar-refractivity contribution >= 4 is 10.9 Å². The summed E-state index contributed by atoms with van der Waals surface area (Å²) in [4.78, 5) is 3.02. The first kappa shape index (κ1) is 10.8. The number of hydrogen-bond acceptors (Lipinski definition) is 0. The van der Waals surface area contributed by atoms with E-state index < -0.39 is 0 Å². The van der Waals surface area contributed by atoms with Crippen LogP contribution in [0.2, 0.25) is 0 Å². The molecule has 2 rings (SSSR count). The van der Waals surface area contributed by atoms with Crippen LogP contribution in [0.5, 0.6) is 0 Å². The first-order valence-corrected chi connectivity index (χ1v) is 4.93. The van der Waals surface area contributed by atoms with E-state index in [2.05, 4.69) is 4.98 Å². The van der Waals surface area contributed by atoms with Gasteiger partial charge in [-0.3, -0.25) is 0 Å². The van der Waals surface area contributed by atoms with Crippen LogP contribution in [0.4, 0.5) is 4.39 Å². The molecule has 76 valence electrons. The third-order valence-electron chi connectivity index (χ3n) is 2.17. The summed E-state index contributed by atoms with van der Waals surface area (Å²) >= 11 is 0. The van der Waals surface area contributed by atoms with Crippen LogP contribution in [0.15, 0.2) is 18.3 Å². The van der Waals surface area contributed by atoms with Crippen molar-refractivity contribution in [1.29, 1.82) is 0 Å². The molecule has 1 aromatic heterocycles. The Morgan fingerprint density at radius 3 is 2.36 bits per heavy atom. The van der Waals surface area contributed by atoms with Crippen molar-refractivity contribution in [3.05, 3.63) is 35.3 Å². The van der Waals surface area contributed by atoms with Crippen molar-refractivity contribution in [2.75, 3.05) is 0 Å². The highest BCUT2D eigenvalue weighted by molar-refractivity contribution is 5.84. The minimum absolute atomic E-state index is 0.105. The Labute approximate surface area is 84.0 Å². The normalized spacial score (nSPS) is 9.79. The lowest BCUT2D eigenvalue weighted by atomic mass is 10.1. The number of benzene rings is 1. The molecule has 0 radical (unpaired) electrons. The van der Waals surface area contributed by atoms with Gasteiger partial charge in [-0.05, 0) is 31.0 Å². The minimum atomic E-state index is -0.105. The van der Waals surface area contributed by atoms with Crippen molar-refractivity contribution in [3.8, 4) is 0 Å². The maximum absolute atomic E-state index is 13.5. The SMILES string of the molecule is CC.Cc1ccc2[nH]cc(C)c2c1F. The second-order valence-corrected chi connectivity index (χ2v) is 3.09. The van der Waals surface area contributed by atoms with Gasteiger partial charge in [-0.1, -0.05) is 19.9 Å². The Morgan fingerprint density at radius 2 is 1.71 bits per heavy atom. The van der Waals surface area contributed by atoms with E-state index in [1.807, 2.05) is 33.0 Å². The predicted molar refractivity (Wildman–Crippen MR) is 59.1 cm³/mol. The zero-order valence-corrected chi connectivity index (χ0v) is 9.11. The molecule has 2 aromatic rings. The maximum Gasteiger partial charge on any atom is 0.135 e. The maximum atomic E-state index is 13.5. The standard InChI is InChI=1S/C10H10FN.C2H6/c1-6-3-4-8-9(10(6)11)7(2)5-12-8;1-2/h3-5,12H,1-2H3;1-2H3. The molecule has 2 heteroatoms. The molecule has 0 aliphatic rings. The van der Waals surface area contributed by atoms with Gasteiger partial charge in [0.2, 0.25) is 0 Å². The molecule has 14 heavy (non-hydrogen) atoms. The van der Waals surface area contributed by atoms with Crippen molar-refractivity contribution in [2.24, 2.45) is 0 Å². The van der Waals surface area contributed by atoms with Crippen molar-refractivity contribution in [3.63, 3.8) is 0 Å². The van der Waals surface area contributed by atoms with Gasteiger partial charge in [0.1, 0.15) is 5.82 Å². The van der Waals surface area contributed by atoms with Crippen LogP contribution >= 0.6 is 0 Å². The van der Waals surface area contributed by atoms with Crippen molar-refractivity contribution in [1.82, 2.24) is 4.98 Å². The van der Waals surface area contributed by atoms with Gasteiger partial charge >= 0.3 is 0 Å². The van der Waals surface area contributed by atoms with Gasteiger partial charge in [0.05, 0.1) is 0 Å². The second kappa shape index (κ2) is 4.27. The number of fused-ring (bicyclic) bond motifs is 1. The van der Waals surface area contributed by atoms with Crippen LogP contribution in [-0.2, 0) is 0 Å². The van der Waals surface area contributed by atoms with E-state index in [1.54, 1.807) is 13.0 Å². The molecule has 0 saturated heterocycles.